The Balaban J connectivity index is 1.76. The van der Waals surface area contributed by atoms with Crippen LogP contribution in [0.25, 0.3) is 0 Å². The molecule has 0 aliphatic carbocycles. The van der Waals surface area contributed by atoms with Crippen LogP contribution in [0.2, 0.25) is 0 Å². The number of carbonyl (C=O) groups excluding carboxylic acids is 3. The van der Waals surface area contributed by atoms with Gasteiger partial charge in [-0.05, 0) is 13.8 Å². The minimum atomic E-state index is -4.02. The van der Waals surface area contributed by atoms with Gasteiger partial charge in [-0.3, -0.25) is 33.8 Å². The van der Waals surface area contributed by atoms with E-state index >= 15 is 0 Å². The van der Waals surface area contributed by atoms with Crippen LogP contribution in [0.4, 0.5) is 4.79 Å². The molecule has 7 atom stereocenters. The number of nitrogens with zero attached hydrogens (tertiary/aromatic N) is 1. The van der Waals surface area contributed by atoms with Crippen LogP contribution in [0.3, 0.4) is 0 Å². The van der Waals surface area contributed by atoms with E-state index < -0.39 is 78.6 Å². The zero-order valence-electron chi connectivity index (χ0n) is 19.3. The molecule has 3 heterocycles. The Morgan fingerprint density at radius 1 is 1.39 bits per heavy atom. The van der Waals surface area contributed by atoms with Crippen LogP contribution in [0.15, 0.2) is 21.9 Å². The van der Waals surface area contributed by atoms with Crippen molar-refractivity contribution in [3.05, 3.63) is 33.1 Å². The number of hydrogen-bond acceptors (Lipinski definition) is 12. The highest BCUT2D eigenvalue weighted by Crippen LogP contribution is 2.57. The first kappa shape index (κ1) is 28.0. The van der Waals surface area contributed by atoms with Gasteiger partial charge < -0.3 is 29.5 Å². The number of amides is 3. The van der Waals surface area contributed by atoms with Gasteiger partial charge in [-0.2, -0.15) is 0 Å². The van der Waals surface area contributed by atoms with Gasteiger partial charge in [0.1, 0.15) is 29.9 Å². The molecule has 16 nitrogen and oxygen atoms in total. The molecule has 0 spiro atoms. The van der Waals surface area contributed by atoms with Gasteiger partial charge in [0.15, 0.2) is 6.23 Å². The molecule has 2 fully saturated rings. The predicted molar refractivity (Wildman–Crippen MR) is 123 cm³/mol. The molecule has 1 unspecified atom stereocenters. The zero-order chi connectivity index (χ0) is 26.8. The second kappa shape index (κ2) is 10.8. The van der Waals surface area contributed by atoms with Crippen LogP contribution in [0.1, 0.15) is 20.1 Å². The summed E-state index contributed by atoms with van der Waals surface area (Å²) in [6, 6.07) is -1.81. The number of methoxy groups -OCH3 is 1. The number of esters is 1. The quantitative estimate of drug-likeness (QED) is 0.103. The van der Waals surface area contributed by atoms with Gasteiger partial charge in [-0.25, -0.2) is 14.7 Å². The molecule has 3 rings (SSSR count). The number of carbonyl (C=O) groups is 3. The van der Waals surface area contributed by atoms with Crippen LogP contribution in [-0.2, 0) is 28.2 Å². The number of H-pyrrole nitrogens is 1. The van der Waals surface area contributed by atoms with Crippen molar-refractivity contribution in [3.63, 3.8) is 0 Å². The van der Waals surface area contributed by atoms with Gasteiger partial charge >= 0.3 is 24.4 Å². The first-order valence-electron chi connectivity index (χ1n) is 10.5. The van der Waals surface area contributed by atoms with Gasteiger partial charge in [-0.15, -0.1) is 0 Å². The van der Waals surface area contributed by atoms with Crippen LogP contribution >= 0.6 is 18.1 Å². The second-order valence-electron chi connectivity index (χ2n) is 8.19. The molecule has 0 aromatic carbocycles. The topological polar surface area (TPSA) is 227 Å². The average molecular weight is 551 g/mol. The number of nitrogens with one attached hydrogen (secondary N) is 4. The smallest absolute Gasteiger partial charge is 0.330 e. The lowest BCUT2D eigenvalue weighted by atomic mass is 9.96. The van der Waals surface area contributed by atoms with Crippen molar-refractivity contribution in [2.45, 2.75) is 50.0 Å². The van der Waals surface area contributed by atoms with Crippen molar-refractivity contribution in [3.8, 4) is 0 Å². The third kappa shape index (κ3) is 6.05. The van der Waals surface area contributed by atoms with Crippen LogP contribution in [-0.4, -0.2) is 87.0 Å². The molecule has 18 heteroatoms. The normalized spacial score (nSPS) is 30.4. The molecule has 0 saturated carbocycles. The summed E-state index contributed by atoms with van der Waals surface area (Å²) < 4.78 is 30.2. The summed E-state index contributed by atoms with van der Waals surface area (Å²) in [6.07, 6.45) is -3.28. The first-order chi connectivity index (χ1) is 16.8. The van der Waals surface area contributed by atoms with Crippen LogP contribution in [0, 0.1) is 0 Å². The number of hydrogen-bond donors (Lipinski definition) is 6. The summed E-state index contributed by atoms with van der Waals surface area (Å²) in [5.41, 5.74) is -3.59. The Morgan fingerprint density at radius 3 is 2.67 bits per heavy atom. The number of urea groups is 1. The number of aromatic nitrogens is 2. The maximum atomic E-state index is 13.5. The highest BCUT2D eigenvalue weighted by atomic mass is 32.7. The molecule has 1 aromatic heterocycles. The molecule has 6 N–H and O–H groups in total. The Hall–Kier alpha value is -2.53. The van der Waals surface area contributed by atoms with E-state index in [0.717, 1.165) is 23.9 Å². The molecular weight excluding hydrogens is 525 g/mol. The highest BCUT2D eigenvalue weighted by molar-refractivity contribution is 8.56. The number of aliphatic hydroxyl groups excluding tert-OH is 1. The Labute approximate surface area is 207 Å². The molecule has 2 saturated heterocycles. The SMILES string of the molecule is COC(=O)[C@@H](C)NP(=O)(OC[C@H]1O[C@@H](n2ccc(=O)[nH]c2=O)[C@](C)(O)[C@@H]1O)SC[C@@H]1NC(=O)NC1=O. The number of aromatic amines is 1. The van der Waals surface area contributed by atoms with Crippen molar-refractivity contribution in [1.82, 2.24) is 25.3 Å². The summed E-state index contributed by atoms with van der Waals surface area (Å²) in [5, 5.41) is 28.3. The maximum Gasteiger partial charge on any atom is 0.330 e. The van der Waals surface area contributed by atoms with E-state index in [1.54, 1.807) is 0 Å². The number of aliphatic hydroxyl groups is 2. The van der Waals surface area contributed by atoms with Gasteiger partial charge in [0, 0.05) is 18.0 Å². The fourth-order valence-corrected chi connectivity index (χ4v) is 7.36. The standard InChI is InChI=1S/C18H26N5O11PS/c1-8(14(27)32-3)22-35(31,36-7-9-13(26)21-16(28)19-9)33-6-10-12(25)18(2,30)15(34-10)23-5-4-11(24)20-17(23)29/h4-5,8-10,12,15,25,30H,6-7H2,1-3H3,(H,22,31)(H,20,24,29)(H2,19,21,26,28)/t8-,9+,10-,12-,15-,18-,35?/m1/s1. The first-order valence-corrected chi connectivity index (χ1v) is 13.7. The lowest BCUT2D eigenvalue weighted by Gasteiger charge is -2.27. The Bertz CT molecular complexity index is 1190. The van der Waals surface area contributed by atoms with E-state index in [0.29, 0.717) is 11.4 Å². The fraction of sp³-hybridized carbons (Fsp3) is 0.611. The molecule has 0 radical (unpaired) electrons. The van der Waals surface area contributed by atoms with Gasteiger partial charge in [0.05, 0.1) is 13.7 Å². The van der Waals surface area contributed by atoms with E-state index in [-0.39, 0.29) is 5.75 Å². The molecule has 2 aliphatic rings. The summed E-state index contributed by atoms with van der Waals surface area (Å²) in [7, 11) is 1.13. The molecule has 3 amide bonds. The van der Waals surface area contributed by atoms with Gasteiger partial charge in [-0.1, -0.05) is 11.4 Å². The minimum Gasteiger partial charge on any atom is -0.468 e. The van der Waals surface area contributed by atoms with Gasteiger partial charge in [0.2, 0.25) is 0 Å². The largest absolute Gasteiger partial charge is 0.468 e. The molecular formula is C18H26N5O11PS. The lowest BCUT2D eigenvalue weighted by molar-refractivity contribution is -0.142. The minimum absolute atomic E-state index is 0.197. The van der Waals surface area contributed by atoms with E-state index in [2.05, 4.69) is 15.1 Å². The summed E-state index contributed by atoms with van der Waals surface area (Å²) in [6.45, 7) is -2.05. The van der Waals surface area contributed by atoms with Gasteiger partial charge in [0.25, 0.3) is 11.5 Å². The highest BCUT2D eigenvalue weighted by Gasteiger charge is 2.54. The van der Waals surface area contributed by atoms with Crippen LogP contribution < -0.4 is 27.0 Å². The van der Waals surface area contributed by atoms with E-state index in [1.165, 1.54) is 13.8 Å². The van der Waals surface area contributed by atoms with Crippen LogP contribution in [0.5, 0.6) is 0 Å². The lowest BCUT2D eigenvalue weighted by Crippen LogP contribution is -2.47. The number of imide groups is 1. The Morgan fingerprint density at radius 2 is 2.08 bits per heavy atom. The predicted octanol–water partition coefficient (Wildman–Crippen LogP) is -2.24. The zero-order valence-corrected chi connectivity index (χ0v) is 21.0. The van der Waals surface area contributed by atoms with E-state index in [9.17, 15) is 38.8 Å². The van der Waals surface area contributed by atoms with Crippen molar-refractivity contribution in [2.24, 2.45) is 0 Å². The summed E-state index contributed by atoms with van der Waals surface area (Å²) >= 11 is 0.613. The Kier molecular flexibility index (Phi) is 8.44. The van der Waals surface area contributed by atoms with Crippen molar-refractivity contribution in [2.75, 3.05) is 19.5 Å². The monoisotopic (exact) mass is 551 g/mol. The third-order valence-electron chi connectivity index (χ3n) is 5.44. The summed E-state index contributed by atoms with van der Waals surface area (Å²) in [5.74, 6) is -1.60. The van der Waals surface area contributed by atoms with Crippen molar-refractivity contribution >= 4 is 36.0 Å². The molecule has 1 aromatic rings. The summed E-state index contributed by atoms with van der Waals surface area (Å²) in [4.78, 5) is 60.5. The molecule has 2 aliphatic heterocycles. The fourth-order valence-electron chi connectivity index (χ4n) is 3.49. The maximum absolute atomic E-state index is 13.5. The van der Waals surface area contributed by atoms with E-state index in [4.69, 9.17) is 9.26 Å². The number of rotatable bonds is 10. The third-order valence-corrected chi connectivity index (χ3v) is 9.56. The molecule has 0 bridgehead atoms. The van der Waals surface area contributed by atoms with Crippen molar-refractivity contribution in [1.29, 1.82) is 0 Å². The molecule has 200 valence electrons. The van der Waals surface area contributed by atoms with Crippen molar-refractivity contribution < 1.29 is 43.2 Å². The average Bonchev–Trinajstić information content (AvgIpc) is 3.24. The van der Waals surface area contributed by atoms with E-state index in [1.807, 2.05) is 10.3 Å². The second-order valence-corrected chi connectivity index (χ2v) is 12.5. The molecule has 36 heavy (non-hydrogen) atoms. The number of ether oxygens (including phenoxy) is 2.